The van der Waals surface area contributed by atoms with Gasteiger partial charge in [-0.25, -0.2) is 9.07 Å². The second-order valence-corrected chi connectivity index (χ2v) is 6.51. The summed E-state index contributed by atoms with van der Waals surface area (Å²) in [6, 6.07) is 11.7. The van der Waals surface area contributed by atoms with Crippen molar-refractivity contribution in [3.63, 3.8) is 0 Å². The van der Waals surface area contributed by atoms with Gasteiger partial charge in [-0.05, 0) is 56.2 Å². The van der Waals surface area contributed by atoms with Gasteiger partial charge in [-0.15, -0.1) is 0 Å². The lowest BCUT2D eigenvalue weighted by atomic mass is 10.1. The number of hydrogen-bond donors (Lipinski definition) is 1. The highest BCUT2D eigenvalue weighted by Crippen LogP contribution is 2.42. The molecule has 0 saturated heterocycles. The largest absolute Gasteiger partial charge is 0.346 e. The molecule has 1 aliphatic rings. The van der Waals surface area contributed by atoms with Crippen LogP contribution in [0, 0.1) is 12.7 Å². The average Bonchev–Trinajstić information content (AvgIpc) is 3.45. The monoisotopic (exact) mass is 350 g/mol. The van der Waals surface area contributed by atoms with Crippen molar-refractivity contribution in [1.82, 2.24) is 20.1 Å². The molecule has 0 atom stereocenters. The Balaban J connectivity index is 1.64. The third-order valence-corrected chi connectivity index (χ3v) is 4.56. The number of hydrogen-bond acceptors (Lipinski definition) is 3. The molecule has 4 rings (SSSR count). The molecule has 26 heavy (non-hydrogen) atoms. The fraction of sp³-hybridized carbons (Fsp3) is 0.250. The molecule has 1 saturated carbocycles. The van der Waals surface area contributed by atoms with E-state index in [1.165, 1.54) is 12.1 Å². The van der Waals surface area contributed by atoms with Gasteiger partial charge in [0.05, 0.1) is 34.9 Å². The van der Waals surface area contributed by atoms with Crippen LogP contribution < -0.4 is 5.32 Å². The van der Waals surface area contributed by atoms with Crippen molar-refractivity contribution in [2.45, 2.75) is 32.2 Å². The predicted molar refractivity (Wildman–Crippen MR) is 95.6 cm³/mol. The van der Waals surface area contributed by atoms with Crippen molar-refractivity contribution in [1.29, 1.82) is 0 Å². The molecule has 3 aromatic rings. The zero-order valence-electron chi connectivity index (χ0n) is 14.4. The number of nitrogens with zero attached hydrogens (tertiary/aromatic N) is 3. The van der Waals surface area contributed by atoms with Crippen molar-refractivity contribution in [3.05, 3.63) is 77.1 Å². The molecule has 2 heterocycles. The van der Waals surface area contributed by atoms with Gasteiger partial charge in [0, 0.05) is 12.1 Å². The van der Waals surface area contributed by atoms with Crippen LogP contribution in [0.2, 0.25) is 0 Å². The molecule has 0 aliphatic heterocycles. The Morgan fingerprint density at radius 3 is 2.65 bits per heavy atom. The molecule has 0 radical (unpaired) electrons. The lowest BCUT2D eigenvalue weighted by Crippen LogP contribution is -2.24. The number of benzene rings is 1. The summed E-state index contributed by atoms with van der Waals surface area (Å²) in [4.78, 5) is 17.1. The smallest absolute Gasteiger partial charge is 0.255 e. The van der Waals surface area contributed by atoms with Gasteiger partial charge in [0.1, 0.15) is 5.82 Å². The van der Waals surface area contributed by atoms with E-state index in [1.54, 1.807) is 23.0 Å². The summed E-state index contributed by atoms with van der Waals surface area (Å²) in [7, 11) is 0. The molecular weight excluding hydrogens is 331 g/mol. The lowest BCUT2D eigenvalue weighted by molar-refractivity contribution is 0.0949. The van der Waals surface area contributed by atoms with E-state index >= 15 is 0 Å². The van der Waals surface area contributed by atoms with E-state index < -0.39 is 0 Å². The third kappa shape index (κ3) is 3.22. The van der Waals surface area contributed by atoms with Gasteiger partial charge in [0.2, 0.25) is 0 Å². The van der Waals surface area contributed by atoms with Gasteiger partial charge in [-0.1, -0.05) is 6.07 Å². The number of rotatable bonds is 5. The van der Waals surface area contributed by atoms with Gasteiger partial charge in [-0.2, -0.15) is 5.10 Å². The summed E-state index contributed by atoms with van der Waals surface area (Å²) >= 11 is 0. The van der Waals surface area contributed by atoms with Crippen molar-refractivity contribution in [2.24, 2.45) is 0 Å². The Morgan fingerprint density at radius 1 is 1.23 bits per heavy atom. The number of amides is 1. The lowest BCUT2D eigenvalue weighted by Gasteiger charge is -2.07. The van der Waals surface area contributed by atoms with Crippen LogP contribution in [-0.2, 0) is 6.54 Å². The van der Waals surface area contributed by atoms with Crippen LogP contribution in [0.5, 0.6) is 0 Å². The summed E-state index contributed by atoms with van der Waals surface area (Å²) in [5, 5.41) is 7.60. The maximum Gasteiger partial charge on any atom is 0.255 e. The number of carbonyl (C=O) groups excluding carboxylic acids is 1. The molecule has 5 nitrogen and oxygen atoms in total. The molecule has 6 heteroatoms. The SMILES string of the molecule is Cc1c(C(=O)NCc2ccccn2)c(C2CC2)nn1-c1ccc(F)cc1. The maximum atomic E-state index is 13.2. The Bertz CT molecular complexity index is 930. The van der Waals surface area contributed by atoms with E-state index in [-0.39, 0.29) is 11.7 Å². The normalized spacial score (nSPS) is 13.6. The van der Waals surface area contributed by atoms with Crippen molar-refractivity contribution >= 4 is 5.91 Å². The molecule has 0 spiro atoms. The minimum Gasteiger partial charge on any atom is -0.346 e. The first kappa shape index (κ1) is 16.4. The van der Waals surface area contributed by atoms with Gasteiger partial charge in [0.25, 0.3) is 5.91 Å². The van der Waals surface area contributed by atoms with Crippen molar-refractivity contribution in [2.75, 3.05) is 0 Å². The van der Waals surface area contributed by atoms with Crippen LogP contribution >= 0.6 is 0 Å². The Morgan fingerprint density at radius 2 is 2.00 bits per heavy atom. The van der Waals surface area contributed by atoms with Gasteiger partial charge in [0.15, 0.2) is 0 Å². The standard InChI is InChI=1S/C20H19FN4O/c1-13-18(20(26)23-12-16-4-2-3-11-22-16)19(14-5-6-14)24-25(13)17-9-7-15(21)8-10-17/h2-4,7-11,14H,5-6,12H2,1H3,(H,23,26). The Labute approximate surface area is 150 Å². The molecule has 1 amide bonds. The first-order valence-corrected chi connectivity index (χ1v) is 8.67. The fourth-order valence-electron chi connectivity index (χ4n) is 3.04. The number of aromatic nitrogens is 3. The van der Waals surface area contributed by atoms with Crippen molar-refractivity contribution in [3.8, 4) is 5.69 Å². The van der Waals surface area contributed by atoms with Crippen LogP contribution in [0.15, 0.2) is 48.7 Å². The van der Waals surface area contributed by atoms with E-state index in [2.05, 4.69) is 15.4 Å². The van der Waals surface area contributed by atoms with Crippen LogP contribution in [-0.4, -0.2) is 20.7 Å². The highest BCUT2D eigenvalue weighted by Gasteiger charge is 2.33. The number of pyridine rings is 1. The van der Waals surface area contributed by atoms with Crippen LogP contribution in [0.1, 0.15) is 46.2 Å². The van der Waals surface area contributed by atoms with Crippen molar-refractivity contribution < 1.29 is 9.18 Å². The Hall–Kier alpha value is -3.02. The second kappa shape index (κ2) is 6.71. The maximum absolute atomic E-state index is 13.2. The summed E-state index contributed by atoms with van der Waals surface area (Å²) in [5.41, 5.74) is 3.75. The molecule has 2 aromatic heterocycles. The van der Waals surface area contributed by atoms with E-state index in [1.807, 2.05) is 25.1 Å². The second-order valence-electron chi connectivity index (χ2n) is 6.51. The van der Waals surface area contributed by atoms with E-state index in [9.17, 15) is 9.18 Å². The first-order valence-electron chi connectivity index (χ1n) is 8.67. The molecule has 1 fully saturated rings. The van der Waals surface area contributed by atoms with Crippen LogP contribution in [0.3, 0.4) is 0 Å². The summed E-state index contributed by atoms with van der Waals surface area (Å²) in [6.45, 7) is 2.24. The zero-order chi connectivity index (χ0) is 18.1. The number of carbonyl (C=O) groups is 1. The quantitative estimate of drug-likeness (QED) is 0.766. The van der Waals surface area contributed by atoms with E-state index in [0.717, 1.165) is 35.6 Å². The molecular formula is C20H19FN4O. The Kier molecular flexibility index (Phi) is 4.24. The summed E-state index contributed by atoms with van der Waals surface area (Å²) in [5.74, 6) is -0.122. The molecule has 0 bridgehead atoms. The van der Waals surface area contributed by atoms with Gasteiger partial charge >= 0.3 is 0 Å². The minimum atomic E-state index is -0.297. The topological polar surface area (TPSA) is 59.8 Å². The summed E-state index contributed by atoms with van der Waals surface area (Å²) in [6.07, 6.45) is 3.79. The third-order valence-electron chi connectivity index (χ3n) is 4.56. The van der Waals surface area contributed by atoms with Gasteiger partial charge < -0.3 is 5.32 Å². The zero-order valence-corrected chi connectivity index (χ0v) is 14.4. The minimum absolute atomic E-state index is 0.150. The first-order chi connectivity index (χ1) is 12.6. The number of nitrogens with one attached hydrogen (secondary N) is 1. The molecule has 1 aliphatic carbocycles. The van der Waals surface area contributed by atoms with E-state index in [4.69, 9.17) is 0 Å². The molecule has 1 aromatic carbocycles. The number of halogens is 1. The predicted octanol–water partition coefficient (Wildman–Crippen LogP) is 3.52. The van der Waals surface area contributed by atoms with Gasteiger partial charge in [-0.3, -0.25) is 9.78 Å². The highest BCUT2D eigenvalue weighted by molar-refractivity contribution is 5.96. The van der Waals surface area contributed by atoms with Crippen LogP contribution in [0.4, 0.5) is 4.39 Å². The molecule has 0 unspecified atom stereocenters. The highest BCUT2D eigenvalue weighted by atomic mass is 19.1. The summed E-state index contributed by atoms with van der Waals surface area (Å²) < 4.78 is 14.9. The van der Waals surface area contributed by atoms with Crippen LogP contribution in [0.25, 0.3) is 5.69 Å². The average molecular weight is 350 g/mol. The molecule has 132 valence electrons. The molecule has 1 N–H and O–H groups in total. The van der Waals surface area contributed by atoms with E-state index in [0.29, 0.717) is 18.0 Å². The fourth-order valence-corrected chi connectivity index (χ4v) is 3.04.